The van der Waals surface area contributed by atoms with Crippen molar-refractivity contribution in [2.45, 2.75) is 13.0 Å². The lowest BCUT2D eigenvalue weighted by Crippen LogP contribution is -2.38. The second-order valence-corrected chi connectivity index (χ2v) is 10.8. The molecule has 11 heteroatoms. The van der Waals surface area contributed by atoms with Gasteiger partial charge in [-0.2, -0.15) is 0 Å². The van der Waals surface area contributed by atoms with Gasteiger partial charge in [0.05, 0.1) is 44.3 Å². The average molecular weight is 555 g/mol. The normalized spacial score (nSPS) is 12.0. The summed E-state index contributed by atoms with van der Waals surface area (Å²) in [4.78, 5) is 25.8. The highest BCUT2D eigenvalue weighted by Gasteiger charge is 2.25. The van der Waals surface area contributed by atoms with E-state index in [-0.39, 0.29) is 38.0 Å². The van der Waals surface area contributed by atoms with Crippen LogP contribution in [0.5, 0.6) is 0 Å². The van der Waals surface area contributed by atoms with E-state index < -0.39 is 28.4 Å². The molecule has 0 bridgehead atoms. The van der Waals surface area contributed by atoms with Crippen molar-refractivity contribution in [2.75, 3.05) is 22.4 Å². The number of benzene rings is 3. The Morgan fingerprint density at radius 1 is 0.914 bits per heavy atom. The minimum absolute atomic E-state index is 0.00132. The van der Waals surface area contributed by atoms with Gasteiger partial charge in [-0.05, 0) is 36.8 Å². The number of carbonyl (C=O) groups is 2. The third kappa shape index (κ3) is 6.89. The number of amides is 2. The Morgan fingerprint density at radius 3 is 2.17 bits per heavy atom. The van der Waals surface area contributed by atoms with Gasteiger partial charge < -0.3 is 10.6 Å². The summed E-state index contributed by atoms with van der Waals surface area (Å²) >= 11 is 18.1. The van der Waals surface area contributed by atoms with Crippen LogP contribution in [0.1, 0.15) is 28.9 Å². The van der Waals surface area contributed by atoms with Gasteiger partial charge >= 0.3 is 0 Å². The number of sulfonamides is 1. The van der Waals surface area contributed by atoms with Gasteiger partial charge in [-0.15, -0.1) is 0 Å². The summed E-state index contributed by atoms with van der Waals surface area (Å²) in [5.41, 5.74) is 1.37. The Kier molecular flexibility index (Phi) is 8.66. The number of halogens is 3. The lowest BCUT2D eigenvalue weighted by Gasteiger charge is -2.23. The molecule has 184 valence electrons. The number of rotatable bonds is 8. The molecule has 0 aromatic heterocycles. The first-order valence-electron chi connectivity index (χ1n) is 10.3. The van der Waals surface area contributed by atoms with E-state index in [1.165, 1.54) is 12.1 Å². The van der Waals surface area contributed by atoms with Crippen LogP contribution in [0.25, 0.3) is 0 Å². The van der Waals surface area contributed by atoms with Crippen LogP contribution < -0.4 is 14.9 Å². The van der Waals surface area contributed by atoms with E-state index in [2.05, 4.69) is 10.6 Å². The van der Waals surface area contributed by atoms with Gasteiger partial charge in [-0.1, -0.05) is 77.3 Å². The summed E-state index contributed by atoms with van der Waals surface area (Å²) in [6, 6.07) is 18.1. The molecule has 3 aromatic carbocycles. The average Bonchev–Trinajstić information content (AvgIpc) is 2.80. The van der Waals surface area contributed by atoms with E-state index in [1.54, 1.807) is 24.3 Å². The van der Waals surface area contributed by atoms with Gasteiger partial charge in [0, 0.05) is 0 Å². The Bertz CT molecular complexity index is 1350. The van der Waals surface area contributed by atoms with Crippen molar-refractivity contribution in [3.05, 3.63) is 92.9 Å². The minimum Gasteiger partial charge on any atom is -0.345 e. The fourth-order valence-corrected chi connectivity index (χ4v) is 4.85. The van der Waals surface area contributed by atoms with Gasteiger partial charge in [0.15, 0.2) is 0 Å². The smallest absolute Gasteiger partial charge is 0.253 e. The fourth-order valence-electron chi connectivity index (χ4n) is 3.29. The van der Waals surface area contributed by atoms with Crippen molar-refractivity contribution in [1.29, 1.82) is 0 Å². The molecule has 3 rings (SSSR count). The van der Waals surface area contributed by atoms with E-state index in [0.717, 1.165) is 16.1 Å². The molecule has 0 radical (unpaired) electrons. The summed E-state index contributed by atoms with van der Waals surface area (Å²) in [6.45, 7) is 1.24. The monoisotopic (exact) mass is 553 g/mol. The van der Waals surface area contributed by atoms with E-state index in [9.17, 15) is 18.0 Å². The van der Waals surface area contributed by atoms with Crippen molar-refractivity contribution in [3.8, 4) is 0 Å². The lowest BCUT2D eigenvalue weighted by molar-refractivity contribution is -0.114. The topological polar surface area (TPSA) is 95.6 Å². The Balaban J connectivity index is 1.81. The number of para-hydroxylation sites is 1. The molecular formula is C24H22Cl3N3O4S. The molecule has 0 aliphatic carbocycles. The molecule has 0 fully saturated rings. The van der Waals surface area contributed by atoms with Crippen LogP contribution in [-0.4, -0.2) is 33.0 Å². The second-order valence-electron chi connectivity index (χ2n) is 7.69. The molecule has 35 heavy (non-hydrogen) atoms. The maximum Gasteiger partial charge on any atom is 0.253 e. The van der Waals surface area contributed by atoms with E-state index in [0.29, 0.717) is 0 Å². The Labute approximate surface area is 219 Å². The highest BCUT2D eigenvalue weighted by Crippen LogP contribution is 2.35. The molecule has 0 saturated heterocycles. The summed E-state index contributed by atoms with van der Waals surface area (Å²) in [6.07, 6.45) is 0.936. The van der Waals surface area contributed by atoms with Crippen LogP contribution in [0.4, 0.5) is 11.4 Å². The number of nitrogens with one attached hydrogen (secondary N) is 2. The highest BCUT2D eigenvalue weighted by atomic mass is 35.5. The van der Waals surface area contributed by atoms with Crippen LogP contribution in [0, 0.1) is 0 Å². The van der Waals surface area contributed by atoms with Gasteiger partial charge in [-0.25, -0.2) is 8.42 Å². The van der Waals surface area contributed by atoms with Crippen molar-refractivity contribution in [2.24, 2.45) is 0 Å². The summed E-state index contributed by atoms with van der Waals surface area (Å²) in [5.74, 6) is -1.08. The largest absolute Gasteiger partial charge is 0.345 e. The van der Waals surface area contributed by atoms with Gasteiger partial charge in [0.2, 0.25) is 15.9 Å². The highest BCUT2D eigenvalue weighted by molar-refractivity contribution is 7.92. The maximum absolute atomic E-state index is 12.9. The maximum atomic E-state index is 12.9. The van der Waals surface area contributed by atoms with Gasteiger partial charge in [0.25, 0.3) is 5.91 Å². The summed E-state index contributed by atoms with van der Waals surface area (Å²) < 4.78 is 25.7. The van der Waals surface area contributed by atoms with E-state index in [4.69, 9.17) is 34.8 Å². The predicted octanol–water partition coefficient (Wildman–Crippen LogP) is 5.54. The Morgan fingerprint density at radius 2 is 1.51 bits per heavy atom. The number of hydrogen-bond acceptors (Lipinski definition) is 4. The minimum atomic E-state index is -3.92. The zero-order valence-corrected chi connectivity index (χ0v) is 21.8. The molecule has 1 unspecified atom stereocenters. The fraction of sp³-hybridized carbons (Fsp3) is 0.167. The zero-order chi connectivity index (χ0) is 25.8. The molecule has 0 spiro atoms. The summed E-state index contributed by atoms with van der Waals surface area (Å²) in [7, 11) is -3.92. The number of anilines is 2. The van der Waals surface area contributed by atoms with Gasteiger partial charge in [0.1, 0.15) is 6.54 Å². The quantitative estimate of drug-likeness (QED) is 0.357. The molecule has 2 amide bonds. The predicted molar refractivity (Wildman–Crippen MR) is 141 cm³/mol. The van der Waals surface area contributed by atoms with Crippen LogP contribution in [0.2, 0.25) is 15.1 Å². The molecule has 3 aromatic rings. The zero-order valence-electron chi connectivity index (χ0n) is 18.8. The van der Waals surface area contributed by atoms with Crippen molar-refractivity contribution in [1.82, 2.24) is 5.32 Å². The van der Waals surface area contributed by atoms with Crippen LogP contribution in [0.15, 0.2) is 66.7 Å². The molecule has 0 heterocycles. The third-order valence-corrected chi connectivity index (χ3v) is 7.19. The molecule has 7 nitrogen and oxygen atoms in total. The van der Waals surface area contributed by atoms with E-state index in [1.807, 2.05) is 37.3 Å². The molecule has 2 N–H and O–H groups in total. The lowest BCUT2D eigenvalue weighted by atomic mass is 10.1. The first-order chi connectivity index (χ1) is 16.5. The molecule has 0 saturated carbocycles. The van der Waals surface area contributed by atoms with Crippen molar-refractivity contribution >= 4 is 68.0 Å². The van der Waals surface area contributed by atoms with Crippen LogP contribution in [0.3, 0.4) is 0 Å². The second kappa shape index (κ2) is 11.3. The number of nitrogens with zero attached hydrogens (tertiary/aromatic N) is 1. The third-order valence-electron chi connectivity index (χ3n) is 5.04. The van der Waals surface area contributed by atoms with Gasteiger partial charge in [-0.3, -0.25) is 13.9 Å². The molecule has 0 aliphatic heterocycles. The molecule has 0 aliphatic rings. The van der Waals surface area contributed by atoms with Crippen molar-refractivity contribution in [3.63, 3.8) is 0 Å². The SMILES string of the molecule is CC(NC(=O)c1ccccc1NC(=O)CN(c1cc(Cl)c(Cl)cc1Cl)S(C)(=O)=O)c1ccccc1. The molecule has 1 atom stereocenters. The Hall–Kier alpha value is -2.78. The van der Waals surface area contributed by atoms with Crippen LogP contribution in [-0.2, 0) is 14.8 Å². The van der Waals surface area contributed by atoms with Crippen molar-refractivity contribution < 1.29 is 18.0 Å². The van der Waals surface area contributed by atoms with E-state index >= 15 is 0 Å². The van der Waals surface area contributed by atoms with Crippen LogP contribution >= 0.6 is 34.8 Å². The first kappa shape index (κ1) is 26.8. The first-order valence-corrected chi connectivity index (χ1v) is 13.3. The standard InChI is InChI=1S/C24H22Cl3N3O4S/c1-15(16-8-4-3-5-9-16)28-24(32)17-10-6-7-11-21(17)29-23(31)14-30(35(2,33)34)22-13-19(26)18(25)12-20(22)27/h3-13,15H,14H2,1-2H3,(H,28,32)(H,29,31). The number of hydrogen-bond donors (Lipinski definition) is 2. The molecular weight excluding hydrogens is 533 g/mol. The summed E-state index contributed by atoms with van der Waals surface area (Å²) in [5, 5.41) is 5.74. The number of carbonyl (C=O) groups excluding carboxylic acids is 2.